The fourth-order valence-electron chi connectivity index (χ4n) is 3.01. The van der Waals surface area contributed by atoms with E-state index in [1.807, 2.05) is 4.90 Å². The SMILES string of the molecule is O=C(CC1CCCN1)NCCC(=O)N1CCCCCC1. The molecule has 5 heteroatoms. The molecule has 5 nitrogen and oxygen atoms in total. The van der Waals surface area contributed by atoms with Gasteiger partial charge >= 0.3 is 0 Å². The summed E-state index contributed by atoms with van der Waals surface area (Å²) in [4.78, 5) is 25.7. The Bertz CT molecular complexity index is 319. The number of carbonyl (C=O) groups is 2. The molecule has 2 fully saturated rings. The summed E-state index contributed by atoms with van der Waals surface area (Å²) in [5.74, 6) is 0.249. The van der Waals surface area contributed by atoms with E-state index in [2.05, 4.69) is 10.6 Å². The minimum absolute atomic E-state index is 0.0630. The summed E-state index contributed by atoms with van der Waals surface area (Å²) >= 11 is 0. The summed E-state index contributed by atoms with van der Waals surface area (Å²) in [6.45, 7) is 3.27. The second-order valence-corrected chi connectivity index (χ2v) is 5.89. The fourth-order valence-corrected chi connectivity index (χ4v) is 3.01. The molecular weight excluding hydrogens is 254 g/mol. The lowest BCUT2D eigenvalue weighted by Crippen LogP contribution is -2.36. The zero-order chi connectivity index (χ0) is 14.2. The summed E-state index contributed by atoms with van der Waals surface area (Å²) in [6.07, 6.45) is 7.91. The number of hydrogen-bond acceptors (Lipinski definition) is 3. The molecule has 2 saturated heterocycles. The van der Waals surface area contributed by atoms with Crippen LogP contribution in [0, 0.1) is 0 Å². The van der Waals surface area contributed by atoms with Crippen molar-refractivity contribution >= 4 is 11.8 Å². The molecule has 1 unspecified atom stereocenters. The van der Waals surface area contributed by atoms with Crippen molar-refractivity contribution in [3.05, 3.63) is 0 Å². The van der Waals surface area contributed by atoms with E-state index < -0.39 is 0 Å². The Morgan fingerprint density at radius 3 is 2.50 bits per heavy atom. The van der Waals surface area contributed by atoms with Crippen molar-refractivity contribution in [2.24, 2.45) is 0 Å². The van der Waals surface area contributed by atoms with Crippen LogP contribution in [0.25, 0.3) is 0 Å². The smallest absolute Gasteiger partial charge is 0.224 e. The van der Waals surface area contributed by atoms with Crippen LogP contribution < -0.4 is 10.6 Å². The van der Waals surface area contributed by atoms with Gasteiger partial charge in [-0.25, -0.2) is 0 Å². The van der Waals surface area contributed by atoms with Crippen LogP contribution >= 0.6 is 0 Å². The maximum Gasteiger partial charge on any atom is 0.224 e. The van der Waals surface area contributed by atoms with Crippen LogP contribution in [-0.4, -0.2) is 48.9 Å². The minimum atomic E-state index is 0.0630. The van der Waals surface area contributed by atoms with Gasteiger partial charge in [0.25, 0.3) is 0 Å². The van der Waals surface area contributed by atoms with Gasteiger partial charge in [0.15, 0.2) is 0 Å². The van der Waals surface area contributed by atoms with Crippen molar-refractivity contribution in [3.63, 3.8) is 0 Å². The molecule has 2 aliphatic rings. The third-order valence-electron chi connectivity index (χ3n) is 4.21. The van der Waals surface area contributed by atoms with Gasteiger partial charge in [-0.1, -0.05) is 12.8 Å². The van der Waals surface area contributed by atoms with Crippen molar-refractivity contribution < 1.29 is 9.59 Å². The lowest BCUT2D eigenvalue weighted by Gasteiger charge is -2.20. The van der Waals surface area contributed by atoms with Gasteiger partial charge < -0.3 is 15.5 Å². The van der Waals surface area contributed by atoms with Gasteiger partial charge in [-0.15, -0.1) is 0 Å². The zero-order valence-electron chi connectivity index (χ0n) is 12.3. The first-order chi connectivity index (χ1) is 9.75. The Morgan fingerprint density at radius 2 is 1.85 bits per heavy atom. The Morgan fingerprint density at radius 1 is 1.10 bits per heavy atom. The number of nitrogens with zero attached hydrogens (tertiary/aromatic N) is 1. The van der Waals surface area contributed by atoms with Crippen LogP contribution in [0.5, 0.6) is 0 Å². The molecule has 0 saturated carbocycles. The average Bonchev–Trinajstić information content (AvgIpc) is 2.78. The van der Waals surface area contributed by atoms with Crippen LogP contribution in [-0.2, 0) is 9.59 Å². The molecule has 114 valence electrons. The summed E-state index contributed by atoms with van der Waals surface area (Å²) < 4.78 is 0. The van der Waals surface area contributed by atoms with E-state index in [1.54, 1.807) is 0 Å². The highest BCUT2D eigenvalue weighted by molar-refractivity contribution is 5.79. The quantitative estimate of drug-likeness (QED) is 0.791. The van der Waals surface area contributed by atoms with Gasteiger partial charge in [0.2, 0.25) is 11.8 Å². The van der Waals surface area contributed by atoms with Gasteiger partial charge in [-0.2, -0.15) is 0 Å². The van der Waals surface area contributed by atoms with E-state index in [0.717, 1.165) is 45.3 Å². The number of amides is 2. The molecule has 0 aromatic rings. The standard InChI is InChI=1S/C15H27N3O2/c19-14(12-13-6-5-8-16-13)17-9-7-15(20)18-10-3-1-2-4-11-18/h13,16H,1-12H2,(H,17,19). The largest absolute Gasteiger partial charge is 0.356 e. The highest BCUT2D eigenvalue weighted by Gasteiger charge is 2.18. The van der Waals surface area contributed by atoms with Crippen LogP contribution in [0.15, 0.2) is 0 Å². The van der Waals surface area contributed by atoms with Crippen molar-refractivity contribution in [2.45, 2.75) is 57.4 Å². The molecule has 2 amide bonds. The highest BCUT2D eigenvalue weighted by atomic mass is 16.2. The van der Waals surface area contributed by atoms with Crippen molar-refractivity contribution in [1.29, 1.82) is 0 Å². The van der Waals surface area contributed by atoms with Gasteiger partial charge in [0, 0.05) is 38.5 Å². The van der Waals surface area contributed by atoms with E-state index in [-0.39, 0.29) is 11.8 Å². The first-order valence-corrected chi connectivity index (χ1v) is 8.03. The van der Waals surface area contributed by atoms with E-state index in [1.165, 1.54) is 12.8 Å². The number of hydrogen-bond donors (Lipinski definition) is 2. The highest BCUT2D eigenvalue weighted by Crippen LogP contribution is 2.11. The van der Waals surface area contributed by atoms with E-state index in [4.69, 9.17) is 0 Å². The zero-order valence-corrected chi connectivity index (χ0v) is 12.3. The maximum absolute atomic E-state index is 12.0. The monoisotopic (exact) mass is 281 g/mol. The molecule has 0 aromatic carbocycles. The third-order valence-corrected chi connectivity index (χ3v) is 4.21. The second-order valence-electron chi connectivity index (χ2n) is 5.89. The number of likely N-dealkylation sites (tertiary alicyclic amines) is 1. The van der Waals surface area contributed by atoms with Crippen LogP contribution in [0.4, 0.5) is 0 Å². The predicted molar refractivity (Wildman–Crippen MR) is 78.3 cm³/mol. The second kappa shape index (κ2) is 8.25. The van der Waals surface area contributed by atoms with Gasteiger partial charge in [-0.3, -0.25) is 9.59 Å². The third kappa shape index (κ3) is 5.12. The number of carbonyl (C=O) groups excluding carboxylic acids is 2. The Balaban J connectivity index is 1.59. The molecule has 0 spiro atoms. The molecular formula is C15H27N3O2. The van der Waals surface area contributed by atoms with Gasteiger partial charge in [0.1, 0.15) is 0 Å². The first-order valence-electron chi connectivity index (χ1n) is 8.03. The van der Waals surface area contributed by atoms with Crippen LogP contribution in [0.3, 0.4) is 0 Å². The number of rotatable bonds is 5. The summed E-state index contributed by atoms with van der Waals surface area (Å²) in [5.41, 5.74) is 0. The summed E-state index contributed by atoms with van der Waals surface area (Å²) in [7, 11) is 0. The normalized spacial score (nSPS) is 23.4. The van der Waals surface area contributed by atoms with Gasteiger partial charge in [0.05, 0.1) is 0 Å². The minimum Gasteiger partial charge on any atom is -0.356 e. The molecule has 0 radical (unpaired) electrons. The molecule has 2 heterocycles. The Kier molecular flexibility index (Phi) is 6.30. The Hall–Kier alpha value is -1.10. The molecule has 0 aliphatic carbocycles. The topological polar surface area (TPSA) is 61.4 Å². The van der Waals surface area contributed by atoms with Crippen molar-refractivity contribution in [1.82, 2.24) is 15.5 Å². The molecule has 2 rings (SSSR count). The maximum atomic E-state index is 12.0. The van der Waals surface area contributed by atoms with Crippen LogP contribution in [0.2, 0.25) is 0 Å². The molecule has 0 bridgehead atoms. The lowest BCUT2D eigenvalue weighted by molar-refractivity contribution is -0.131. The average molecular weight is 281 g/mol. The fraction of sp³-hybridized carbons (Fsp3) is 0.867. The van der Waals surface area contributed by atoms with Crippen LogP contribution in [0.1, 0.15) is 51.4 Å². The summed E-state index contributed by atoms with van der Waals surface area (Å²) in [6, 6.07) is 0.330. The predicted octanol–water partition coefficient (Wildman–Crippen LogP) is 1.04. The van der Waals surface area contributed by atoms with E-state index >= 15 is 0 Å². The molecule has 1 atom stereocenters. The molecule has 2 N–H and O–H groups in total. The van der Waals surface area contributed by atoms with Gasteiger partial charge in [-0.05, 0) is 32.2 Å². The molecule has 2 aliphatic heterocycles. The Labute approximate surface area is 121 Å². The molecule has 0 aromatic heterocycles. The number of nitrogens with one attached hydrogen (secondary N) is 2. The molecule has 20 heavy (non-hydrogen) atoms. The van der Waals surface area contributed by atoms with Crippen molar-refractivity contribution in [2.75, 3.05) is 26.2 Å². The first kappa shape index (κ1) is 15.3. The van der Waals surface area contributed by atoms with E-state index in [9.17, 15) is 9.59 Å². The van der Waals surface area contributed by atoms with E-state index in [0.29, 0.717) is 25.4 Å². The lowest BCUT2D eigenvalue weighted by atomic mass is 10.1. The summed E-state index contributed by atoms with van der Waals surface area (Å²) in [5, 5.41) is 6.18. The van der Waals surface area contributed by atoms with Crippen molar-refractivity contribution in [3.8, 4) is 0 Å².